The standard InChI is InChI=1S/C15H30N2/c1-12(2)17(6)13(3)15-9-7-14(8-10-15)11-16(4)5/h12,14-15H,3,7-11H2,1-2,4-6H3. The first-order valence-electron chi connectivity index (χ1n) is 6.98. The SMILES string of the molecule is C=C(C1CCC(CN(C)C)CC1)N(C)C(C)C. The lowest BCUT2D eigenvalue weighted by atomic mass is 9.80. The summed E-state index contributed by atoms with van der Waals surface area (Å²) in [7, 11) is 6.54. The third-order valence-corrected chi connectivity index (χ3v) is 4.17. The zero-order chi connectivity index (χ0) is 13.0. The Morgan fingerprint density at radius 2 is 1.65 bits per heavy atom. The first kappa shape index (κ1) is 14.6. The molecule has 0 aromatic rings. The average molecular weight is 238 g/mol. The highest BCUT2D eigenvalue weighted by molar-refractivity contribution is 5.01. The largest absolute Gasteiger partial charge is 0.376 e. The highest BCUT2D eigenvalue weighted by Gasteiger charge is 2.25. The summed E-state index contributed by atoms with van der Waals surface area (Å²) in [5.41, 5.74) is 1.35. The van der Waals surface area contributed by atoms with E-state index in [1.807, 2.05) is 0 Å². The van der Waals surface area contributed by atoms with E-state index in [1.165, 1.54) is 37.9 Å². The molecule has 2 heteroatoms. The van der Waals surface area contributed by atoms with E-state index in [2.05, 4.69) is 51.4 Å². The van der Waals surface area contributed by atoms with Gasteiger partial charge in [0.05, 0.1) is 0 Å². The van der Waals surface area contributed by atoms with Gasteiger partial charge in [0.25, 0.3) is 0 Å². The molecule has 0 bridgehead atoms. The van der Waals surface area contributed by atoms with E-state index in [9.17, 15) is 0 Å². The van der Waals surface area contributed by atoms with Gasteiger partial charge in [-0.25, -0.2) is 0 Å². The molecular weight excluding hydrogens is 208 g/mol. The van der Waals surface area contributed by atoms with E-state index in [-0.39, 0.29) is 0 Å². The Kier molecular flexibility index (Phi) is 5.51. The average Bonchev–Trinajstić information content (AvgIpc) is 2.27. The van der Waals surface area contributed by atoms with Gasteiger partial charge in [0.15, 0.2) is 0 Å². The fourth-order valence-corrected chi connectivity index (χ4v) is 2.81. The van der Waals surface area contributed by atoms with E-state index in [1.54, 1.807) is 0 Å². The molecule has 1 aliphatic carbocycles. The summed E-state index contributed by atoms with van der Waals surface area (Å²) < 4.78 is 0. The van der Waals surface area contributed by atoms with Gasteiger partial charge in [0.2, 0.25) is 0 Å². The van der Waals surface area contributed by atoms with Crippen molar-refractivity contribution in [2.45, 2.75) is 45.6 Å². The van der Waals surface area contributed by atoms with Crippen LogP contribution in [0.4, 0.5) is 0 Å². The van der Waals surface area contributed by atoms with Crippen LogP contribution < -0.4 is 0 Å². The third kappa shape index (κ3) is 4.34. The lowest BCUT2D eigenvalue weighted by molar-refractivity contribution is 0.207. The molecule has 1 saturated carbocycles. The minimum atomic E-state index is 0.571. The van der Waals surface area contributed by atoms with Gasteiger partial charge in [0, 0.05) is 25.3 Å². The highest BCUT2D eigenvalue weighted by Crippen LogP contribution is 2.34. The van der Waals surface area contributed by atoms with Crippen molar-refractivity contribution in [1.29, 1.82) is 0 Å². The van der Waals surface area contributed by atoms with Crippen molar-refractivity contribution in [2.24, 2.45) is 11.8 Å². The van der Waals surface area contributed by atoms with Gasteiger partial charge >= 0.3 is 0 Å². The number of rotatable bonds is 5. The minimum absolute atomic E-state index is 0.571. The molecule has 0 spiro atoms. The number of nitrogens with zero attached hydrogens (tertiary/aromatic N) is 2. The lowest BCUT2D eigenvalue weighted by Crippen LogP contribution is -2.32. The Hall–Kier alpha value is -0.500. The van der Waals surface area contributed by atoms with Gasteiger partial charge in [-0.15, -0.1) is 0 Å². The number of hydrogen-bond donors (Lipinski definition) is 0. The maximum Gasteiger partial charge on any atom is 0.0227 e. The molecule has 0 aromatic carbocycles. The predicted octanol–water partition coefficient (Wildman–Crippen LogP) is 3.21. The molecule has 0 saturated heterocycles. The van der Waals surface area contributed by atoms with E-state index in [0.717, 1.165) is 11.8 Å². The molecule has 0 N–H and O–H groups in total. The molecule has 1 rings (SSSR count). The summed E-state index contributed by atoms with van der Waals surface area (Å²) >= 11 is 0. The van der Waals surface area contributed by atoms with E-state index in [0.29, 0.717) is 6.04 Å². The van der Waals surface area contributed by atoms with Crippen molar-refractivity contribution in [3.63, 3.8) is 0 Å². The van der Waals surface area contributed by atoms with Crippen molar-refractivity contribution in [2.75, 3.05) is 27.7 Å². The van der Waals surface area contributed by atoms with Gasteiger partial charge in [-0.05, 0) is 65.5 Å². The van der Waals surface area contributed by atoms with Gasteiger partial charge in [-0.1, -0.05) is 6.58 Å². The molecule has 0 radical (unpaired) electrons. The van der Waals surface area contributed by atoms with Crippen LogP contribution in [0.1, 0.15) is 39.5 Å². The monoisotopic (exact) mass is 238 g/mol. The van der Waals surface area contributed by atoms with Gasteiger partial charge in [-0.3, -0.25) is 0 Å². The molecule has 1 aliphatic rings. The lowest BCUT2D eigenvalue weighted by Gasteiger charge is -2.36. The fourth-order valence-electron chi connectivity index (χ4n) is 2.81. The zero-order valence-corrected chi connectivity index (χ0v) is 12.4. The van der Waals surface area contributed by atoms with Crippen molar-refractivity contribution in [1.82, 2.24) is 9.80 Å². The Balaban J connectivity index is 2.39. The number of hydrogen-bond acceptors (Lipinski definition) is 2. The maximum absolute atomic E-state index is 4.30. The van der Waals surface area contributed by atoms with Crippen molar-refractivity contribution < 1.29 is 0 Å². The minimum Gasteiger partial charge on any atom is -0.376 e. The van der Waals surface area contributed by atoms with Crippen LogP contribution in [0.5, 0.6) is 0 Å². The van der Waals surface area contributed by atoms with Crippen LogP contribution in [0.15, 0.2) is 12.3 Å². The van der Waals surface area contributed by atoms with Gasteiger partial charge in [-0.2, -0.15) is 0 Å². The van der Waals surface area contributed by atoms with Crippen LogP contribution in [-0.4, -0.2) is 43.5 Å². The van der Waals surface area contributed by atoms with Crippen LogP contribution in [0.25, 0.3) is 0 Å². The van der Waals surface area contributed by atoms with E-state index >= 15 is 0 Å². The van der Waals surface area contributed by atoms with Crippen LogP contribution in [0.3, 0.4) is 0 Å². The van der Waals surface area contributed by atoms with E-state index < -0.39 is 0 Å². The summed E-state index contributed by atoms with van der Waals surface area (Å²) in [5, 5.41) is 0. The van der Waals surface area contributed by atoms with Gasteiger partial charge in [0.1, 0.15) is 0 Å². The second kappa shape index (κ2) is 6.44. The van der Waals surface area contributed by atoms with Crippen LogP contribution in [0, 0.1) is 11.8 Å². The summed E-state index contributed by atoms with van der Waals surface area (Å²) in [6, 6.07) is 0.571. The van der Waals surface area contributed by atoms with Gasteiger partial charge < -0.3 is 9.80 Å². The zero-order valence-electron chi connectivity index (χ0n) is 12.4. The quantitative estimate of drug-likeness (QED) is 0.725. The Morgan fingerprint density at radius 3 is 2.06 bits per heavy atom. The summed E-state index contributed by atoms with van der Waals surface area (Å²) in [4.78, 5) is 4.66. The molecule has 1 fully saturated rings. The fraction of sp³-hybridized carbons (Fsp3) is 0.867. The predicted molar refractivity (Wildman–Crippen MR) is 76.0 cm³/mol. The molecule has 0 amide bonds. The molecule has 0 heterocycles. The van der Waals surface area contributed by atoms with Crippen LogP contribution >= 0.6 is 0 Å². The maximum atomic E-state index is 4.30. The van der Waals surface area contributed by atoms with E-state index in [4.69, 9.17) is 0 Å². The molecular formula is C15H30N2. The van der Waals surface area contributed by atoms with Crippen LogP contribution in [0.2, 0.25) is 0 Å². The molecule has 0 aliphatic heterocycles. The van der Waals surface area contributed by atoms with Crippen molar-refractivity contribution in [3.05, 3.63) is 12.3 Å². The molecule has 0 aromatic heterocycles. The first-order chi connectivity index (χ1) is 7.91. The summed E-state index contributed by atoms with van der Waals surface area (Å²) in [5.74, 6) is 1.62. The molecule has 100 valence electrons. The molecule has 17 heavy (non-hydrogen) atoms. The van der Waals surface area contributed by atoms with Crippen LogP contribution in [-0.2, 0) is 0 Å². The van der Waals surface area contributed by atoms with Crippen molar-refractivity contribution >= 4 is 0 Å². The molecule has 0 atom stereocenters. The van der Waals surface area contributed by atoms with Crippen molar-refractivity contribution in [3.8, 4) is 0 Å². The summed E-state index contributed by atoms with van der Waals surface area (Å²) in [6.45, 7) is 10.0. The number of allylic oxidation sites excluding steroid dienone is 1. The smallest absolute Gasteiger partial charge is 0.0227 e. The Bertz CT molecular complexity index is 237. The topological polar surface area (TPSA) is 6.48 Å². The molecule has 2 nitrogen and oxygen atoms in total. The Morgan fingerprint density at radius 1 is 1.12 bits per heavy atom. The summed E-state index contributed by atoms with van der Waals surface area (Å²) in [6.07, 6.45) is 5.39. The third-order valence-electron chi connectivity index (χ3n) is 4.17. The highest BCUT2D eigenvalue weighted by atomic mass is 15.1. The molecule has 0 unspecified atom stereocenters. The Labute approximate surface area is 108 Å². The second-order valence-electron chi connectivity index (χ2n) is 6.18. The first-order valence-corrected chi connectivity index (χ1v) is 6.98. The normalized spacial score (nSPS) is 25.4. The second-order valence-corrected chi connectivity index (χ2v) is 6.18.